The highest BCUT2D eigenvalue weighted by Crippen LogP contribution is 2.32. The number of amides is 1. The second-order valence-electron chi connectivity index (χ2n) is 8.22. The molecule has 31 heavy (non-hydrogen) atoms. The number of ketones is 1. The van der Waals surface area contributed by atoms with E-state index in [4.69, 9.17) is 4.74 Å². The lowest BCUT2D eigenvalue weighted by Crippen LogP contribution is -2.46. The number of Topliss-reactive ketones (excluding diaryl/α,β-unsaturated/α-hetero) is 1. The Bertz CT molecular complexity index is 948. The van der Waals surface area contributed by atoms with Gasteiger partial charge in [0.05, 0.1) is 18.4 Å². The van der Waals surface area contributed by atoms with Crippen LogP contribution in [0.5, 0.6) is 5.75 Å². The van der Waals surface area contributed by atoms with E-state index < -0.39 is 0 Å². The van der Waals surface area contributed by atoms with Crippen molar-refractivity contribution in [2.24, 2.45) is 0 Å². The molecule has 1 fully saturated rings. The number of benzene rings is 1. The molecule has 0 aliphatic carbocycles. The summed E-state index contributed by atoms with van der Waals surface area (Å²) in [6, 6.07) is 8.15. The molecule has 2 aliphatic rings. The van der Waals surface area contributed by atoms with E-state index in [9.17, 15) is 9.59 Å². The number of hydrogen-bond acceptors (Lipinski definition) is 6. The summed E-state index contributed by atoms with van der Waals surface area (Å²) in [4.78, 5) is 32.3. The second kappa shape index (κ2) is 9.83. The predicted molar refractivity (Wildman–Crippen MR) is 125 cm³/mol. The molecule has 1 amide bonds. The SMILES string of the molecule is COc1ccccc1N1CCN(CCCC(=O)c2c(C)sc3c2C(=O)NCCC3)CC1. The van der Waals surface area contributed by atoms with Crippen LogP contribution >= 0.6 is 11.3 Å². The number of hydrogen-bond donors (Lipinski definition) is 1. The van der Waals surface area contributed by atoms with E-state index in [-0.39, 0.29) is 11.7 Å². The van der Waals surface area contributed by atoms with E-state index in [0.717, 1.165) is 73.2 Å². The van der Waals surface area contributed by atoms with Crippen molar-refractivity contribution in [3.63, 3.8) is 0 Å². The van der Waals surface area contributed by atoms with Gasteiger partial charge in [-0.3, -0.25) is 14.5 Å². The minimum atomic E-state index is -0.0762. The first-order valence-corrected chi connectivity index (χ1v) is 11.9. The van der Waals surface area contributed by atoms with Gasteiger partial charge in [0.15, 0.2) is 5.78 Å². The molecule has 0 atom stereocenters. The molecule has 4 rings (SSSR count). The highest BCUT2D eigenvalue weighted by Gasteiger charge is 2.27. The molecular formula is C24H31N3O3S. The monoisotopic (exact) mass is 441 g/mol. The summed E-state index contributed by atoms with van der Waals surface area (Å²) in [7, 11) is 1.71. The van der Waals surface area contributed by atoms with Crippen LogP contribution in [0.25, 0.3) is 0 Å². The lowest BCUT2D eigenvalue weighted by Gasteiger charge is -2.36. The Morgan fingerprint density at radius 3 is 2.74 bits per heavy atom. The number of piperazine rings is 1. The number of aryl methyl sites for hydroxylation is 2. The van der Waals surface area contributed by atoms with Crippen LogP contribution in [0.1, 0.15) is 49.7 Å². The predicted octanol–water partition coefficient (Wildman–Crippen LogP) is 3.53. The third kappa shape index (κ3) is 4.77. The van der Waals surface area contributed by atoms with Gasteiger partial charge >= 0.3 is 0 Å². The Morgan fingerprint density at radius 1 is 1.19 bits per heavy atom. The van der Waals surface area contributed by atoms with Crippen molar-refractivity contribution in [1.29, 1.82) is 0 Å². The van der Waals surface area contributed by atoms with Crippen LogP contribution in [0.15, 0.2) is 24.3 Å². The zero-order chi connectivity index (χ0) is 21.8. The van der Waals surface area contributed by atoms with Gasteiger partial charge in [-0.1, -0.05) is 12.1 Å². The summed E-state index contributed by atoms with van der Waals surface area (Å²) in [5.74, 6) is 0.947. The first-order valence-electron chi connectivity index (χ1n) is 11.1. The number of carbonyl (C=O) groups excluding carboxylic acids is 2. The second-order valence-corrected chi connectivity index (χ2v) is 9.53. The number of nitrogens with zero attached hydrogens (tertiary/aromatic N) is 2. The molecule has 2 aliphatic heterocycles. The number of anilines is 1. The van der Waals surface area contributed by atoms with Gasteiger partial charge in [-0.05, 0) is 44.9 Å². The van der Waals surface area contributed by atoms with Crippen LogP contribution in [0.4, 0.5) is 5.69 Å². The summed E-state index contributed by atoms with van der Waals surface area (Å²) in [5, 5.41) is 2.94. The fraction of sp³-hybridized carbons (Fsp3) is 0.500. The molecule has 2 aromatic rings. The third-order valence-corrected chi connectivity index (χ3v) is 7.37. The quantitative estimate of drug-likeness (QED) is 0.666. The normalized spacial score (nSPS) is 17.1. The fourth-order valence-corrected chi connectivity index (χ4v) is 5.82. The highest BCUT2D eigenvalue weighted by molar-refractivity contribution is 7.12. The van der Waals surface area contributed by atoms with E-state index in [1.54, 1.807) is 18.4 Å². The molecule has 1 N–H and O–H groups in total. The maximum atomic E-state index is 13.0. The molecule has 7 heteroatoms. The standard InChI is InChI=1S/C24H31N3O3S/c1-17-22(23-21(31-17)10-5-11-25-24(23)29)19(28)8-6-12-26-13-15-27(16-14-26)18-7-3-4-9-20(18)30-2/h3-4,7,9H,5-6,8,10-16H2,1-2H3,(H,25,29). The number of ether oxygens (including phenoxy) is 1. The van der Waals surface area contributed by atoms with Crippen LogP contribution < -0.4 is 15.0 Å². The van der Waals surface area contributed by atoms with E-state index in [1.165, 1.54) is 0 Å². The van der Waals surface area contributed by atoms with Crippen molar-refractivity contribution < 1.29 is 14.3 Å². The van der Waals surface area contributed by atoms with Gasteiger partial charge < -0.3 is 15.0 Å². The van der Waals surface area contributed by atoms with Gasteiger partial charge in [0.2, 0.25) is 0 Å². The van der Waals surface area contributed by atoms with Gasteiger partial charge in [0.25, 0.3) is 5.91 Å². The molecule has 1 saturated heterocycles. The van der Waals surface area contributed by atoms with Gasteiger partial charge in [0, 0.05) is 54.5 Å². The Labute approximate surface area is 188 Å². The summed E-state index contributed by atoms with van der Waals surface area (Å²) in [5.41, 5.74) is 2.46. The molecule has 3 heterocycles. The van der Waals surface area contributed by atoms with Crippen LogP contribution in [-0.4, -0.2) is 63.0 Å². The first kappa shape index (κ1) is 21.8. The summed E-state index contributed by atoms with van der Waals surface area (Å²) in [6.45, 7) is 7.41. The van der Waals surface area contributed by atoms with Crippen molar-refractivity contribution in [3.05, 3.63) is 45.1 Å². The fourth-order valence-electron chi connectivity index (χ4n) is 4.59. The zero-order valence-electron chi connectivity index (χ0n) is 18.4. The topological polar surface area (TPSA) is 61.9 Å². The van der Waals surface area contributed by atoms with Gasteiger partial charge in [-0.25, -0.2) is 0 Å². The minimum Gasteiger partial charge on any atom is -0.495 e. The molecule has 166 valence electrons. The van der Waals surface area contributed by atoms with Crippen molar-refractivity contribution in [1.82, 2.24) is 10.2 Å². The molecule has 1 aromatic heterocycles. The van der Waals surface area contributed by atoms with E-state index in [2.05, 4.69) is 21.2 Å². The molecule has 0 radical (unpaired) electrons. The van der Waals surface area contributed by atoms with E-state index >= 15 is 0 Å². The van der Waals surface area contributed by atoms with Crippen molar-refractivity contribution in [2.75, 3.05) is 51.3 Å². The molecular weight excluding hydrogens is 410 g/mol. The Kier molecular flexibility index (Phi) is 6.92. The summed E-state index contributed by atoms with van der Waals surface area (Å²) in [6.07, 6.45) is 3.12. The van der Waals surface area contributed by atoms with Crippen molar-refractivity contribution in [3.8, 4) is 5.75 Å². The summed E-state index contributed by atoms with van der Waals surface area (Å²) < 4.78 is 5.50. The molecule has 0 unspecified atom stereocenters. The molecule has 0 bridgehead atoms. The number of rotatable bonds is 7. The lowest BCUT2D eigenvalue weighted by atomic mass is 10.00. The first-order chi connectivity index (χ1) is 15.1. The number of methoxy groups -OCH3 is 1. The Morgan fingerprint density at radius 2 is 1.97 bits per heavy atom. The molecule has 0 spiro atoms. The largest absolute Gasteiger partial charge is 0.495 e. The number of para-hydroxylation sites is 2. The third-order valence-electron chi connectivity index (χ3n) is 6.21. The van der Waals surface area contributed by atoms with E-state index in [0.29, 0.717) is 24.1 Å². The van der Waals surface area contributed by atoms with Crippen molar-refractivity contribution >= 4 is 28.7 Å². The maximum absolute atomic E-state index is 13.0. The maximum Gasteiger partial charge on any atom is 0.253 e. The Hall–Kier alpha value is -2.38. The van der Waals surface area contributed by atoms with Crippen molar-refractivity contribution in [2.45, 2.75) is 32.6 Å². The Balaban J connectivity index is 1.30. The molecule has 1 aromatic carbocycles. The minimum absolute atomic E-state index is 0.0762. The van der Waals surface area contributed by atoms with Crippen LogP contribution in [-0.2, 0) is 6.42 Å². The average molecular weight is 442 g/mol. The average Bonchev–Trinajstić information content (AvgIpc) is 3.02. The molecule has 6 nitrogen and oxygen atoms in total. The number of fused-ring (bicyclic) bond motifs is 1. The summed E-state index contributed by atoms with van der Waals surface area (Å²) >= 11 is 1.62. The van der Waals surface area contributed by atoms with Crippen LogP contribution in [0, 0.1) is 6.92 Å². The number of carbonyl (C=O) groups is 2. The van der Waals surface area contributed by atoms with Crippen LogP contribution in [0.2, 0.25) is 0 Å². The highest BCUT2D eigenvalue weighted by atomic mass is 32.1. The van der Waals surface area contributed by atoms with Gasteiger partial charge in [-0.2, -0.15) is 0 Å². The number of nitrogens with one attached hydrogen (secondary N) is 1. The lowest BCUT2D eigenvalue weighted by molar-refractivity contribution is 0.0931. The van der Waals surface area contributed by atoms with E-state index in [1.807, 2.05) is 25.1 Å². The smallest absolute Gasteiger partial charge is 0.253 e. The number of thiophene rings is 1. The van der Waals surface area contributed by atoms with Gasteiger partial charge in [-0.15, -0.1) is 11.3 Å². The van der Waals surface area contributed by atoms with Gasteiger partial charge in [0.1, 0.15) is 5.75 Å². The van der Waals surface area contributed by atoms with Crippen LogP contribution in [0.3, 0.4) is 0 Å². The molecule has 0 saturated carbocycles. The zero-order valence-corrected chi connectivity index (χ0v) is 19.2.